The Morgan fingerprint density at radius 2 is 1.69 bits per heavy atom. The van der Waals surface area contributed by atoms with Crippen molar-refractivity contribution < 1.29 is 18.4 Å². The summed E-state index contributed by atoms with van der Waals surface area (Å²) >= 11 is 0. The number of para-hydroxylation sites is 1. The van der Waals surface area contributed by atoms with Crippen LogP contribution in [-0.2, 0) is 4.79 Å². The molecule has 2 aromatic rings. The number of rotatable bonds is 4. The SMILES string of the molecule is Cc1cc(C2CCC(C(=O)N3CCN(c4ccccc4F)CC3)CN2C(=O)NC(C)C)ccc1F. The molecule has 8 heteroatoms. The van der Waals surface area contributed by atoms with Crippen LogP contribution in [0.1, 0.15) is 43.9 Å². The smallest absolute Gasteiger partial charge is 0.318 e. The van der Waals surface area contributed by atoms with Gasteiger partial charge in [-0.25, -0.2) is 13.6 Å². The van der Waals surface area contributed by atoms with Crippen LogP contribution in [0.25, 0.3) is 0 Å². The van der Waals surface area contributed by atoms with Crippen LogP contribution in [0.4, 0.5) is 19.3 Å². The van der Waals surface area contributed by atoms with Crippen LogP contribution in [0, 0.1) is 24.5 Å². The Balaban J connectivity index is 1.45. The summed E-state index contributed by atoms with van der Waals surface area (Å²) in [4.78, 5) is 32.0. The average Bonchev–Trinajstić information content (AvgIpc) is 2.85. The fraction of sp³-hybridized carbons (Fsp3) is 0.481. The first-order valence-electron chi connectivity index (χ1n) is 12.4. The predicted molar refractivity (Wildman–Crippen MR) is 132 cm³/mol. The molecule has 4 rings (SSSR count). The summed E-state index contributed by atoms with van der Waals surface area (Å²) in [5.41, 5.74) is 1.98. The Morgan fingerprint density at radius 1 is 0.971 bits per heavy atom. The van der Waals surface area contributed by atoms with Crippen molar-refractivity contribution in [3.63, 3.8) is 0 Å². The lowest BCUT2D eigenvalue weighted by atomic mass is 9.87. The van der Waals surface area contributed by atoms with Crippen molar-refractivity contribution in [3.8, 4) is 0 Å². The van der Waals surface area contributed by atoms with Gasteiger partial charge in [-0.15, -0.1) is 0 Å². The summed E-state index contributed by atoms with van der Waals surface area (Å²) in [6.45, 7) is 7.99. The van der Waals surface area contributed by atoms with E-state index in [0.717, 1.165) is 5.56 Å². The van der Waals surface area contributed by atoms with E-state index in [-0.39, 0.29) is 41.6 Å². The third-order valence-corrected chi connectivity index (χ3v) is 6.96. The van der Waals surface area contributed by atoms with Gasteiger partial charge in [0, 0.05) is 38.8 Å². The van der Waals surface area contributed by atoms with Gasteiger partial charge in [0.2, 0.25) is 5.91 Å². The van der Waals surface area contributed by atoms with E-state index in [1.807, 2.05) is 29.7 Å². The number of carbonyl (C=O) groups excluding carboxylic acids is 2. The molecule has 0 radical (unpaired) electrons. The Labute approximate surface area is 205 Å². The van der Waals surface area contributed by atoms with E-state index in [2.05, 4.69) is 5.32 Å². The fourth-order valence-electron chi connectivity index (χ4n) is 5.08. The van der Waals surface area contributed by atoms with E-state index in [4.69, 9.17) is 0 Å². The summed E-state index contributed by atoms with van der Waals surface area (Å²) < 4.78 is 28.0. The zero-order valence-corrected chi connectivity index (χ0v) is 20.6. The second kappa shape index (κ2) is 10.6. The third kappa shape index (κ3) is 5.57. The van der Waals surface area contributed by atoms with E-state index in [9.17, 15) is 18.4 Å². The van der Waals surface area contributed by atoms with Crippen LogP contribution in [0.3, 0.4) is 0 Å². The maximum absolute atomic E-state index is 14.2. The van der Waals surface area contributed by atoms with Gasteiger partial charge in [0.25, 0.3) is 0 Å². The van der Waals surface area contributed by atoms with Crippen molar-refractivity contribution in [1.82, 2.24) is 15.1 Å². The molecule has 1 N–H and O–H groups in total. The number of nitrogens with zero attached hydrogens (tertiary/aromatic N) is 3. The topological polar surface area (TPSA) is 55.9 Å². The van der Waals surface area contributed by atoms with Crippen molar-refractivity contribution in [2.24, 2.45) is 5.92 Å². The molecule has 2 aromatic carbocycles. The van der Waals surface area contributed by atoms with Crippen LogP contribution in [0.5, 0.6) is 0 Å². The summed E-state index contributed by atoms with van der Waals surface area (Å²) in [6.07, 6.45) is 1.28. The van der Waals surface area contributed by atoms with E-state index >= 15 is 0 Å². The van der Waals surface area contributed by atoms with Gasteiger partial charge in [0.15, 0.2) is 0 Å². The first kappa shape index (κ1) is 24.9. The molecule has 2 aliphatic heterocycles. The second-order valence-corrected chi connectivity index (χ2v) is 9.82. The van der Waals surface area contributed by atoms with Gasteiger partial charge in [-0.1, -0.05) is 24.3 Å². The van der Waals surface area contributed by atoms with Gasteiger partial charge in [0.05, 0.1) is 17.6 Å². The Kier molecular flexibility index (Phi) is 7.57. The van der Waals surface area contributed by atoms with E-state index in [1.165, 1.54) is 12.1 Å². The first-order chi connectivity index (χ1) is 16.7. The quantitative estimate of drug-likeness (QED) is 0.696. The molecule has 188 valence electrons. The largest absolute Gasteiger partial charge is 0.366 e. The number of nitrogens with one attached hydrogen (secondary N) is 1. The van der Waals surface area contributed by atoms with Crippen molar-refractivity contribution >= 4 is 17.6 Å². The number of piperazine rings is 1. The molecule has 35 heavy (non-hydrogen) atoms. The lowest BCUT2D eigenvalue weighted by molar-refractivity contribution is -0.137. The summed E-state index contributed by atoms with van der Waals surface area (Å²) in [7, 11) is 0. The standard InChI is InChI=1S/C27H34F2N4O2/c1-18(2)30-27(35)33-17-21(9-11-24(33)20-8-10-22(28)19(3)16-20)26(34)32-14-12-31(13-15-32)25-7-5-4-6-23(25)29/h4-8,10,16,18,21,24H,9,11-15,17H2,1-3H3,(H,30,35). The third-order valence-electron chi connectivity index (χ3n) is 6.96. The van der Waals surface area contributed by atoms with Gasteiger partial charge < -0.3 is 20.0 Å². The van der Waals surface area contributed by atoms with Crippen molar-refractivity contribution in [2.75, 3.05) is 37.6 Å². The zero-order chi connectivity index (χ0) is 25.1. The van der Waals surface area contributed by atoms with Gasteiger partial charge in [-0.2, -0.15) is 0 Å². The number of urea groups is 1. The highest BCUT2D eigenvalue weighted by atomic mass is 19.1. The summed E-state index contributed by atoms with van der Waals surface area (Å²) in [6, 6.07) is 11.2. The van der Waals surface area contributed by atoms with Gasteiger partial charge in [-0.05, 0) is 62.9 Å². The van der Waals surface area contributed by atoms with Gasteiger partial charge >= 0.3 is 6.03 Å². The Hall–Kier alpha value is -3.16. The fourth-order valence-corrected chi connectivity index (χ4v) is 5.08. The monoisotopic (exact) mass is 484 g/mol. The number of amides is 3. The molecule has 0 spiro atoms. The maximum atomic E-state index is 14.2. The molecule has 6 nitrogen and oxygen atoms in total. The zero-order valence-electron chi connectivity index (χ0n) is 20.6. The van der Waals surface area contributed by atoms with Crippen molar-refractivity contribution in [3.05, 3.63) is 65.2 Å². The van der Waals surface area contributed by atoms with Crippen molar-refractivity contribution in [1.29, 1.82) is 0 Å². The number of halogens is 2. The molecule has 0 saturated carbocycles. The molecule has 2 saturated heterocycles. The highest BCUT2D eigenvalue weighted by Gasteiger charge is 2.38. The predicted octanol–water partition coefficient (Wildman–Crippen LogP) is 4.49. The average molecular weight is 485 g/mol. The number of hydrogen-bond acceptors (Lipinski definition) is 3. The minimum Gasteiger partial charge on any atom is -0.366 e. The number of hydrogen-bond donors (Lipinski definition) is 1. The van der Waals surface area contributed by atoms with E-state index < -0.39 is 0 Å². The van der Waals surface area contributed by atoms with Crippen molar-refractivity contribution in [2.45, 2.75) is 45.7 Å². The second-order valence-electron chi connectivity index (χ2n) is 9.82. The van der Waals surface area contributed by atoms with Crippen LogP contribution in [0.2, 0.25) is 0 Å². The molecule has 2 aliphatic rings. The molecule has 0 bridgehead atoms. The highest BCUT2D eigenvalue weighted by molar-refractivity contribution is 5.81. The van der Waals surface area contributed by atoms with Crippen LogP contribution < -0.4 is 10.2 Å². The lowest BCUT2D eigenvalue weighted by Crippen LogP contribution is -2.55. The number of piperidine rings is 1. The van der Waals surface area contributed by atoms with E-state index in [1.54, 1.807) is 36.1 Å². The molecule has 2 heterocycles. The number of likely N-dealkylation sites (tertiary alicyclic amines) is 1. The molecule has 2 atom stereocenters. The first-order valence-corrected chi connectivity index (χ1v) is 12.4. The van der Waals surface area contributed by atoms with Crippen LogP contribution >= 0.6 is 0 Å². The highest BCUT2D eigenvalue weighted by Crippen LogP contribution is 2.35. The molecule has 2 unspecified atom stereocenters. The maximum Gasteiger partial charge on any atom is 0.318 e. The molecular formula is C27H34F2N4O2. The molecule has 0 aliphatic carbocycles. The minimum atomic E-state index is -0.300. The van der Waals surface area contributed by atoms with Gasteiger partial charge in [-0.3, -0.25) is 4.79 Å². The normalized spacial score (nSPS) is 20.8. The van der Waals surface area contributed by atoms with Crippen LogP contribution in [-0.4, -0.2) is 60.5 Å². The number of benzene rings is 2. The van der Waals surface area contributed by atoms with Gasteiger partial charge in [0.1, 0.15) is 11.6 Å². The lowest BCUT2D eigenvalue weighted by Gasteiger charge is -2.42. The number of anilines is 1. The number of aryl methyl sites for hydroxylation is 1. The molecule has 3 amide bonds. The minimum absolute atomic E-state index is 0.0364. The van der Waals surface area contributed by atoms with Crippen LogP contribution in [0.15, 0.2) is 42.5 Å². The summed E-state index contributed by atoms with van der Waals surface area (Å²) in [5.74, 6) is -0.793. The Bertz CT molecular complexity index is 1070. The molecular weight excluding hydrogens is 450 g/mol. The molecule has 2 fully saturated rings. The summed E-state index contributed by atoms with van der Waals surface area (Å²) in [5, 5.41) is 2.95. The number of carbonyl (C=O) groups is 2. The van der Waals surface area contributed by atoms with E-state index in [0.29, 0.717) is 56.8 Å². The Morgan fingerprint density at radius 3 is 2.34 bits per heavy atom. The molecule has 0 aromatic heterocycles.